The predicted molar refractivity (Wildman–Crippen MR) is 77.7 cm³/mol. The number of alkyl halides is 3. The number of nitrogens with one attached hydrogen (secondary N) is 1. The molecule has 3 rings (SSSR count). The predicted octanol–water partition coefficient (Wildman–Crippen LogP) is 3.38. The Bertz CT molecular complexity index is 647. The van der Waals surface area contributed by atoms with E-state index in [1.54, 1.807) is 15.9 Å². The largest absolute Gasteiger partial charge is 0.398 e. The third-order valence-corrected chi connectivity index (χ3v) is 4.82. The van der Waals surface area contributed by atoms with Gasteiger partial charge in [0.2, 0.25) is 0 Å². The Morgan fingerprint density at radius 3 is 2.82 bits per heavy atom. The lowest BCUT2D eigenvalue weighted by atomic mass is 9.98. The fraction of sp³-hybridized carbons (Fsp3) is 0.571. The molecule has 0 unspecified atom stereocenters. The maximum Gasteiger partial charge on any atom is 0.398 e. The summed E-state index contributed by atoms with van der Waals surface area (Å²) in [6.45, 7) is 3.71. The second kappa shape index (κ2) is 6.00. The summed E-state index contributed by atoms with van der Waals surface area (Å²) in [4.78, 5) is 2.44. The Balaban J connectivity index is 1.67. The van der Waals surface area contributed by atoms with Crippen molar-refractivity contribution in [3.63, 3.8) is 0 Å². The highest BCUT2D eigenvalue weighted by Crippen LogP contribution is 2.40. The third-order valence-electron chi connectivity index (χ3n) is 3.82. The monoisotopic (exact) mass is 330 g/mol. The van der Waals surface area contributed by atoms with Gasteiger partial charge in [-0.3, -0.25) is 0 Å². The number of aromatic nitrogens is 3. The van der Waals surface area contributed by atoms with Crippen molar-refractivity contribution in [3.8, 4) is 0 Å². The Hall–Kier alpha value is -1.41. The number of hydrogen-bond donors (Lipinski definition) is 1. The summed E-state index contributed by atoms with van der Waals surface area (Å²) in [5.41, 5.74) is 0. The first kappa shape index (κ1) is 15.5. The van der Waals surface area contributed by atoms with Crippen LogP contribution in [0, 0.1) is 6.92 Å². The van der Waals surface area contributed by atoms with Crippen LogP contribution in [0.15, 0.2) is 12.1 Å². The molecule has 2 aromatic rings. The smallest absolute Gasteiger partial charge is 0.313 e. The van der Waals surface area contributed by atoms with Crippen LogP contribution in [0.2, 0.25) is 0 Å². The van der Waals surface area contributed by atoms with E-state index in [0.29, 0.717) is 31.9 Å². The number of halogens is 3. The van der Waals surface area contributed by atoms with Gasteiger partial charge in [-0.25, -0.2) is 0 Å². The summed E-state index contributed by atoms with van der Waals surface area (Å²) in [5, 5.41) is 11.0. The minimum Gasteiger partial charge on any atom is -0.313 e. The highest BCUT2D eigenvalue weighted by atomic mass is 32.1. The van der Waals surface area contributed by atoms with Crippen molar-refractivity contribution in [2.45, 2.75) is 51.5 Å². The molecular formula is C14H17F3N4S. The lowest BCUT2D eigenvalue weighted by Crippen LogP contribution is -2.29. The van der Waals surface area contributed by atoms with Crippen LogP contribution in [0.25, 0.3) is 0 Å². The van der Waals surface area contributed by atoms with Crippen molar-refractivity contribution >= 4 is 11.3 Å². The van der Waals surface area contributed by atoms with Gasteiger partial charge in [0.15, 0.2) is 0 Å². The highest BCUT2D eigenvalue weighted by Gasteiger charge is 2.45. The van der Waals surface area contributed by atoms with Crippen LogP contribution in [0.1, 0.15) is 40.2 Å². The molecular weight excluding hydrogens is 313 g/mol. The van der Waals surface area contributed by atoms with Gasteiger partial charge in [0, 0.05) is 22.8 Å². The molecule has 3 heterocycles. The molecule has 0 aromatic carbocycles. The van der Waals surface area contributed by atoms with Crippen molar-refractivity contribution in [1.82, 2.24) is 20.1 Å². The number of hydrogen-bond acceptors (Lipinski definition) is 4. The topological polar surface area (TPSA) is 42.7 Å². The molecule has 4 nitrogen and oxygen atoms in total. The first-order valence-electron chi connectivity index (χ1n) is 7.20. The molecule has 1 atom stereocenters. The van der Waals surface area contributed by atoms with Gasteiger partial charge in [-0.1, -0.05) is 0 Å². The van der Waals surface area contributed by atoms with E-state index in [9.17, 15) is 13.2 Å². The van der Waals surface area contributed by atoms with Crippen molar-refractivity contribution in [3.05, 3.63) is 33.5 Å². The van der Waals surface area contributed by atoms with Crippen LogP contribution < -0.4 is 5.32 Å². The molecule has 0 saturated carbocycles. The van der Waals surface area contributed by atoms with Crippen molar-refractivity contribution in [2.75, 3.05) is 0 Å². The van der Waals surface area contributed by atoms with Gasteiger partial charge < -0.3 is 9.88 Å². The number of rotatable bonds is 4. The van der Waals surface area contributed by atoms with Gasteiger partial charge in [0.05, 0.1) is 6.54 Å². The van der Waals surface area contributed by atoms with Crippen LogP contribution in [0.4, 0.5) is 13.2 Å². The molecule has 0 fully saturated rings. The number of thiophene rings is 1. The number of aryl methyl sites for hydroxylation is 1. The summed E-state index contributed by atoms with van der Waals surface area (Å²) in [5.74, 6) is -0.845. The first-order valence-corrected chi connectivity index (χ1v) is 8.01. The molecule has 1 aliphatic heterocycles. The second-order valence-electron chi connectivity index (χ2n) is 5.48. The quantitative estimate of drug-likeness (QED) is 0.934. The van der Waals surface area contributed by atoms with Crippen molar-refractivity contribution in [2.24, 2.45) is 0 Å². The van der Waals surface area contributed by atoms with E-state index in [4.69, 9.17) is 0 Å². The van der Waals surface area contributed by atoms with Crippen LogP contribution in [0.3, 0.4) is 0 Å². The molecule has 0 radical (unpaired) electrons. The average Bonchev–Trinajstić information content (AvgIpc) is 3.04. The fourth-order valence-corrected chi connectivity index (χ4v) is 3.61. The molecule has 0 spiro atoms. The van der Waals surface area contributed by atoms with Crippen molar-refractivity contribution in [1.29, 1.82) is 0 Å². The van der Waals surface area contributed by atoms with E-state index in [2.05, 4.69) is 21.6 Å². The molecule has 0 amide bonds. The molecule has 22 heavy (non-hydrogen) atoms. The molecule has 120 valence electrons. The molecule has 1 N–H and O–H groups in total. The molecule has 0 bridgehead atoms. The van der Waals surface area contributed by atoms with Crippen molar-refractivity contribution < 1.29 is 13.2 Å². The van der Waals surface area contributed by atoms with Crippen LogP contribution in [0.5, 0.6) is 0 Å². The maximum atomic E-state index is 13.0. The number of fused-ring (bicyclic) bond motifs is 1. The van der Waals surface area contributed by atoms with Crippen LogP contribution in [-0.2, 0) is 19.6 Å². The first-order chi connectivity index (χ1) is 10.4. The lowest BCUT2D eigenvalue weighted by Gasteiger charge is -2.25. The lowest BCUT2D eigenvalue weighted by molar-refractivity contribution is -0.156. The van der Waals surface area contributed by atoms with Crippen LogP contribution in [-0.4, -0.2) is 20.9 Å². The van der Waals surface area contributed by atoms with Gasteiger partial charge in [0.25, 0.3) is 0 Å². The highest BCUT2D eigenvalue weighted by molar-refractivity contribution is 7.11. The molecule has 0 aliphatic carbocycles. The van der Waals surface area contributed by atoms with E-state index in [1.165, 1.54) is 9.75 Å². The maximum absolute atomic E-state index is 13.0. The fourth-order valence-electron chi connectivity index (χ4n) is 2.75. The zero-order chi connectivity index (χ0) is 15.7. The van der Waals surface area contributed by atoms with E-state index in [1.807, 2.05) is 13.0 Å². The normalized spacial score (nSPS) is 18.5. The Labute approximate surface area is 130 Å². The van der Waals surface area contributed by atoms with Crippen LogP contribution >= 0.6 is 11.3 Å². The van der Waals surface area contributed by atoms with E-state index < -0.39 is 12.1 Å². The molecule has 8 heteroatoms. The zero-order valence-corrected chi connectivity index (χ0v) is 13.0. The van der Waals surface area contributed by atoms with Gasteiger partial charge in [-0.15, -0.1) is 21.5 Å². The molecule has 2 aromatic heterocycles. The summed E-state index contributed by atoms with van der Waals surface area (Å²) in [6.07, 6.45) is -3.64. The van der Waals surface area contributed by atoms with Gasteiger partial charge >= 0.3 is 6.18 Å². The zero-order valence-electron chi connectivity index (χ0n) is 12.2. The van der Waals surface area contributed by atoms with E-state index in [0.717, 1.165) is 0 Å². The second-order valence-corrected chi connectivity index (χ2v) is 6.85. The Morgan fingerprint density at radius 2 is 2.14 bits per heavy atom. The average molecular weight is 330 g/mol. The molecule has 1 aliphatic rings. The Morgan fingerprint density at radius 1 is 1.32 bits per heavy atom. The third kappa shape index (κ3) is 3.17. The van der Waals surface area contributed by atoms with E-state index >= 15 is 0 Å². The summed E-state index contributed by atoms with van der Waals surface area (Å²) in [6, 6.07) is 4.10. The summed E-state index contributed by atoms with van der Waals surface area (Å²) >= 11 is 1.70. The Kier molecular flexibility index (Phi) is 4.22. The van der Waals surface area contributed by atoms with Gasteiger partial charge in [0.1, 0.15) is 17.6 Å². The standard InChI is InChI=1S/C14H17F3N4S/c1-9-4-5-10(22-9)7-18-8-12-19-20-13-11(14(15,16)17)3-2-6-21(12)13/h4-5,11,18H,2-3,6-8H2,1H3/t11-/m0/s1. The SMILES string of the molecule is Cc1ccc(CNCc2nnc3n2CCC[C@@H]3C(F)(F)F)s1. The molecule has 0 saturated heterocycles. The number of nitrogens with zero attached hydrogens (tertiary/aromatic N) is 3. The van der Waals surface area contributed by atoms with E-state index in [-0.39, 0.29) is 12.2 Å². The van der Waals surface area contributed by atoms with Gasteiger partial charge in [-0.2, -0.15) is 13.2 Å². The summed E-state index contributed by atoms with van der Waals surface area (Å²) < 4.78 is 40.6. The minimum atomic E-state index is -4.25. The van der Waals surface area contributed by atoms with Gasteiger partial charge in [-0.05, 0) is 31.9 Å². The minimum absolute atomic E-state index is 0.0579. The summed E-state index contributed by atoms with van der Waals surface area (Å²) in [7, 11) is 0.